The van der Waals surface area contributed by atoms with E-state index in [4.69, 9.17) is 5.73 Å². The first-order valence-electron chi connectivity index (χ1n) is 3.90. The van der Waals surface area contributed by atoms with Crippen LogP contribution in [0.3, 0.4) is 0 Å². The zero-order chi connectivity index (χ0) is 9.40. The number of amides is 2. The minimum Gasteiger partial charge on any atom is -0.351 e. The quantitative estimate of drug-likeness (QED) is 0.660. The molecule has 0 spiro atoms. The van der Waals surface area contributed by atoms with Crippen LogP contribution in [0.1, 0.15) is 13.8 Å². The lowest BCUT2D eigenvalue weighted by molar-refractivity contribution is 0.259. The SMILES string of the molecule is CC.NC(=O)Nc1ccccc1. The van der Waals surface area contributed by atoms with Crippen molar-refractivity contribution in [1.82, 2.24) is 0 Å². The zero-order valence-electron chi connectivity index (χ0n) is 7.37. The monoisotopic (exact) mass is 166 g/mol. The summed E-state index contributed by atoms with van der Waals surface area (Å²) >= 11 is 0. The van der Waals surface area contributed by atoms with Crippen molar-refractivity contribution in [3.63, 3.8) is 0 Å². The Balaban J connectivity index is 0.000000561. The molecule has 3 heteroatoms. The van der Waals surface area contributed by atoms with E-state index in [1.54, 1.807) is 12.1 Å². The lowest BCUT2D eigenvalue weighted by Gasteiger charge is -1.97. The first-order chi connectivity index (χ1) is 5.79. The van der Waals surface area contributed by atoms with Gasteiger partial charge in [0.05, 0.1) is 0 Å². The molecule has 1 rings (SSSR count). The van der Waals surface area contributed by atoms with Gasteiger partial charge in [-0.05, 0) is 12.1 Å². The molecule has 0 heterocycles. The van der Waals surface area contributed by atoms with E-state index < -0.39 is 6.03 Å². The molecule has 0 aliphatic rings. The van der Waals surface area contributed by atoms with Crippen LogP contribution in [0.15, 0.2) is 30.3 Å². The molecule has 0 aromatic heterocycles. The van der Waals surface area contributed by atoms with Crippen molar-refractivity contribution in [3.05, 3.63) is 30.3 Å². The first-order valence-corrected chi connectivity index (χ1v) is 3.90. The normalized spacial score (nSPS) is 7.83. The fourth-order valence-corrected chi connectivity index (χ4v) is 0.664. The molecule has 0 saturated heterocycles. The second kappa shape index (κ2) is 6.22. The molecule has 1 aromatic rings. The standard InChI is InChI=1S/C7H8N2O.C2H6/c8-7(10)9-6-4-2-1-3-5-6;1-2/h1-5H,(H3,8,9,10);1-2H3. The highest BCUT2D eigenvalue weighted by Crippen LogP contribution is 2.03. The summed E-state index contributed by atoms with van der Waals surface area (Å²) in [5, 5.41) is 2.44. The molecule has 1 aromatic carbocycles. The molecule has 12 heavy (non-hydrogen) atoms. The predicted octanol–water partition coefficient (Wildman–Crippen LogP) is 2.20. The van der Waals surface area contributed by atoms with Crippen molar-refractivity contribution in [1.29, 1.82) is 0 Å². The number of rotatable bonds is 1. The molecule has 0 radical (unpaired) electrons. The number of nitrogens with two attached hydrogens (primary N) is 1. The summed E-state index contributed by atoms with van der Waals surface area (Å²) in [4.78, 5) is 10.3. The lowest BCUT2D eigenvalue weighted by atomic mass is 10.3. The lowest BCUT2D eigenvalue weighted by Crippen LogP contribution is -2.18. The number of carbonyl (C=O) groups is 1. The predicted molar refractivity (Wildman–Crippen MR) is 51.0 cm³/mol. The molecule has 0 atom stereocenters. The molecule has 0 unspecified atom stereocenters. The van der Waals surface area contributed by atoms with Crippen molar-refractivity contribution in [2.24, 2.45) is 5.73 Å². The van der Waals surface area contributed by atoms with E-state index >= 15 is 0 Å². The number of nitrogens with one attached hydrogen (secondary N) is 1. The third-order valence-corrected chi connectivity index (χ3v) is 1.04. The number of benzene rings is 1. The highest BCUT2D eigenvalue weighted by atomic mass is 16.2. The molecule has 0 aliphatic heterocycles. The molecule has 3 nitrogen and oxygen atoms in total. The Morgan fingerprint density at radius 1 is 1.25 bits per heavy atom. The van der Waals surface area contributed by atoms with Crippen molar-refractivity contribution in [2.45, 2.75) is 13.8 Å². The van der Waals surface area contributed by atoms with Crippen LogP contribution < -0.4 is 11.1 Å². The summed E-state index contributed by atoms with van der Waals surface area (Å²) in [6.45, 7) is 4.00. The fourth-order valence-electron chi connectivity index (χ4n) is 0.664. The second-order valence-electron chi connectivity index (χ2n) is 1.86. The van der Waals surface area contributed by atoms with Gasteiger partial charge in [0.15, 0.2) is 0 Å². The van der Waals surface area contributed by atoms with Crippen molar-refractivity contribution in [2.75, 3.05) is 5.32 Å². The van der Waals surface area contributed by atoms with E-state index in [0.29, 0.717) is 0 Å². The summed E-state index contributed by atoms with van der Waals surface area (Å²) in [5.41, 5.74) is 5.59. The van der Waals surface area contributed by atoms with Gasteiger partial charge in [-0.25, -0.2) is 4.79 Å². The number of para-hydroxylation sites is 1. The minimum atomic E-state index is -0.536. The Morgan fingerprint density at radius 3 is 2.17 bits per heavy atom. The van der Waals surface area contributed by atoms with Gasteiger partial charge >= 0.3 is 6.03 Å². The first kappa shape index (κ1) is 10.5. The average molecular weight is 166 g/mol. The van der Waals surface area contributed by atoms with E-state index in [1.165, 1.54) is 0 Å². The number of primary amides is 1. The third-order valence-electron chi connectivity index (χ3n) is 1.04. The molecule has 0 aliphatic carbocycles. The van der Waals surface area contributed by atoms with Crippen LogP contribution in [0.5, 0.6) is 0 Å². The van der Waals surface area contributed by atoms with Gasteiger partial charge in [0.2, 0.25) is 0 Å². The molecule has 0 saturated carbocycles. The number of anilines is 1. The van der Waals surface area contributed by atoms with Gasteiger partial charge in [-0.3, -0.25) is 0 Å². The van der Waals surface area contributed by atoms with Crippen LogP contribution in [0.4, 0.5) is 10.5 Å². The molecule has 0 bridgehead atoms. The van der Waals surface area contributed by atoms with Gasteiger partial charge in [0.1, 0.15) is 0 Å². The number of hydrogen-bond donors (Lipinski definition) is 2. The smallest absolute Gasteiger partial charge is 0.316 e. The van der Waals surface area contributed by atoms with Gasteiger partial charge in [0, 0.05) is 5.69 Å². The maximum absolute atomic E-state index is 10.3. The Kier molecular flexibility index (Phi) is 5.43. The van der Waals surface area contributed by atoms with Gasteiger partial charge in [0.25, 0.3) is 0 Å². The number of hydrogen-bond acceptors (Lipinski definition) is 1. The zero-order valence-corrected chi connectivity index (χ0v) is 7.37. The van der Waals surface area contributed by atoms with E-state index in [1.807, 2.05) is 32.0 Å². The largest absolute Gasteiger partial charge is 0.351 e. The van der Waals surface area contributed by atoms with E-state index in [9.17, 15) is 4.79 Å². The Labute approximate surface area is 72.6 Å². The fraction of sp³-hybridized carbons (Fsp3) is 0.222. The van der Waals surface area contributed by atoms with Gasteiger partial charge in [-0.15, -0.1) is 0 Å². The van der Waals surface area contributed by atoms with Gasteiger partial charge in [-0.1, -0.05) is 32.0 Å². The molecular formula is C9H14N2O. The van der Waals surface area contributed by atoms with Crippen LogP contribution in [-0.2, 0) is 0 Å². The average Bonchev–Trinajstić information content (AvgIpc) is 2.08. The maximum Gasteiger partial charge on any atom is 0.316 e. The van der Waals surface area contributed by atoms with Crippen LogP contribution in [0.25, 0.3) is 0 Å². The summed E-state index contributed by atoms with van der Waals surface area (Å²) < 4.78 is 0. The van der Waals surface area contributed by atoms with Gasteiger partial charge in [-0.2, -0.15) is 0 Å². The highest BCUT2D eigenvalue weighted by Gasteiger charge is 1.90. The number of urea groups is 1. The van der Waals surface area contributed by atoms with Gasteiger partial charge < -0.3 is 11.1 Å². The molecule has 0 fully saturated rings. The molecule has 2 amide bonds. The highest BCUT2D eigenvalue weighted by molar-refractivity contribution is 5.87. The van der Waals surface area contributed by atoms with E-state index in [-0.39, 0.29) is 0 Å². The second-order valence-corrected chi connectivity index (χ2v) is 1.86. The topological polar surface area (TPSA) is 55.1 Å². The van der Waals surface area contributed by atoms with Crippen LogP contribution in [0, 0.1) is 0 Å². The van der Waals surface area contributed by atoms with Crippen molar-refractivity contribution in [3.8, 4) is 0 Å². The maximum atomic E-state index is 10.3. The van der Waals surface area contributed by atoms with Crippen LogP contribution in [0.2, 0.25) is 0 Å². The van der Waals surface area contributed by atoms with Crippen LogP contribution >= 0.6 is 0 Å². The Bertz CT molecular complexity index is 221. The van der Waals surface area contributed by atoms with Crippen molar-refractivity contribution >= 4 is 11.7 Å². The van der Waals surface area contributed by atoms with Crippen LogP contribution in [-0.4, -0.2) is 6.03 Å². The number of carbonyl (C=O) groups excluding carboxylic acids is 1. The summed E-state index contributed by atoms with van der Waals surface area (Å²) in [7, 11) is 0. The summed E-state index contributed by atoms with van der Waals surface area (Å²) in [5.74, 6) is 0. The molecule has 66 valence electrons. The van der Waals surface area contributed by atoms with Crippen molar-refractivity contribution < 1.29 is 4.79 Å². The minimum absolute atomic E-state index is 0.536. The van der Waals surface area contributed by atoms with E-state index in [2.05, 4.69) is 5.32 Å². The van der Waals surface area contributed by atoms with E-state index in [0.717, 1.165) is 5.69 Å². The molecule has 3 N–H and O–H groups in total. The summed E-state index contributed by atoms with van der Waals surface area (Å²) in [6, 6.07) is 8.52. The summed E-state index contributed by atoms with van der Waals surface area (Å²) in [6.07, 6.45) is 0. The molecular weight excluding hydrogens is 152 g/mol. The third kappa shape index (κ3) is 4.33. The Hall–Kier alpha value is -1.51. The Morgan fingerprint density at radius 2 is 1.75 bits per heavy atom.